The minimum Gasteiger partial charge on any atom is -0.482 e. The van der Waals surface area contributed by atoms with Crippen molar-refractivity contribution >= 4 is 23.2 Å². The van der Waals surface area contributed by atoms with Gasteiger partial charge in [0.25, 0.3) is 5.91 Å². The van der Waals surface area contributed by atoms with Gasteiger partial charge < -0.3 is 10.1 Å². The first kappa shape index (κ1) is 17.3. The van der Waals surface area contributed by atoms with Crippen LogP contribution in [-0.2, 0) is 10.2 Å². The number of ether oxygens (including phenoxy) is 1. The Morgan fingerprint density at radius 1 is 1.17 bits per heavy atom. The fraction of sp³-hybridized carbons (Fsp3) is 0.278. The molecule has 0 atom stereocenters. The molecule has 0 spiro atoms. The van der Waals surface area contributed by atoms with Gasteiger partial charge in [-0.1, -0.05) is 44.5 Å². The molecule has 2 aromatic rings. The van der Waals surface area contributed by atoms with Crippen LogP contribution in [0.3, 0.4) is 0 Å². The van der Waals surface area contributed by atoms with Gasteiger partial charge in [0.1, 0.15) is 11.6 Å². The normalized spacial score (nSPS) is 11.2. The topological polar surface area (TPSA) is 38.3 Å². The molecular weight excluding hydrogens is 317 g/mol. The summed E-state index contributed by atoms with van der Waals surface area (Å²) in [6.07, 6.45) is 0. The van der Waals surface area contributed by atoms with E-state index < -0.39 is 5.82 Å². The first-order valence-electron chi connectivity index (χ1n) is 7.24. The summed E-state index contributed by atoms with van der Waals surface area (Å²) in [4.78, 5) is 11.9. The predicted molar refractivity (Wildman–Crippen MR) is 90.7 cm³/mol. The Morgan fingerprint density at radius 2 is 1.83 bits per heavy atom. The monoisotopic (exact) mass is 335 g/mol. The van der Waals surface area contributed by atoms with Gasteiger partial charge in [0.15, 0.2) is 6.61 Å². The Balaban J connectivity index is 1.92. The zero-order valence-electron chi connectivity index (χ0n) is 13.3. The molecule has 3 nitrogen and oxygen atoms in total. The van der Waals surface area contributed by atoms with E-state index in [0.29, 0.717) is 5.69 Å². The van der Waals surface area contributed by atoms with Crippen molar-refractivity contribution in [1.82, 2.24) is 0 Å². The van der Waals surface area contributed by atoms with Gasteiger partial charge in [0, 0.05) is 5.69 Å². The minimum atomic E-state index is -0.453. The average Bonchev–Trinajstić information content (AvgIpc) is 2.46. The zero-order chi connectivity index (χ0) is 17.0. The van der Waals surface area contributed by atoms with Crippen molar-refractivity contribution in [2.24, 2.45) is 0 Å². The number of carbonyl (C=O) groups is 1. The SMILES string of the molecule is CC(C)(C)c1ccc(NC(=O)COc2ccc(F)cc2Cl)cc1. The predicted octanol–water partition coefficient (Wildman–Crippen LogP) is 4.79. The quantitative estimate of drug-likeness (QED) is 0.872. The van der Waals surface area contributed by atoms with E-state index in [-0.39, 0.29) is 28.7 Å². The molecule has 5 heteroatoms. The maximum absolute atomic E-state index is 12.9. The number of nitrogens with one attached hydrogen (secondary N) is 1. The van der Waals surface area contributed by atoms with E-state index in [2.05, 4.69) is 26.1 Å². The van der Waals surface area contributed by atoms with Gasteiger partial charge >= 0.3 is 0 Å². The summed E-state index contributed by atoms with van der Waals surface area (Å²) >= 11 is 5.84. The van der Waals surface area contributed by atoms with Crippen LogP contribution in [0, 0.1) is 5.82 Å². The van der Waals surface area contributed by atoms with E-state index in [9.17, 15) is 9.18 Å². The van der Waals surface area contributed by atoms with Gasteiger partial charge in [0.05, 0.1) is 5.02 Å². The van der Waals surface area contributed by atoms with Gasteiger partial charge in [-0.15, -0.1) is 0 Å². The fourth-order valence-corrected chi connectivity index (χ4v) is 2.21. The van der Waals surface area contributed by atoms with Crippen LogP contribution in [0.1, 0.15) is 26.3 Å². The molecule has 0 unspecified atom stereocenters. The molecule has 0 aliphatic heterocycles. The summed E-state index contributed by atoms with van der Waals surface area (Å²) in [5.74, 6) is -0.495. The number of carbonyl (C=O) groups excluding carboxylic acids is 1. The van der Waals surface area contributed by atoms with E-state index in [4.69, 9.17) is 16.3 Å². The average molecular weight is 336 g/mol. The van der Waals surface area contributed by atoms with Gasteiger partial charge in [-0.3, -0.25) is 4.79 Å². The molecule has 0 heterocycles. The number of benzene rings is 2. The molecule has 1 amide bonds. The van der Waals surface area contributed by atoms with Crippen molar-refractivity contribution in [1.29, 1.82) is 0 Å². The Kier molecular flexibility index (Phi) is 5.26. The second-order valence-corrected chi connectivity index (χ2v) is 6.65. The Morgan fingerprint density at radius 3 is 2.39 bits per heavy atom. The number of hydrogen-bond acceptors (Lipinski definition) is 2. The Labute approximate surface area is 140 Å². The molecule has 1 N–H and O–H groups in total. The highest BCUT2D eigenvalue weighted by Gasteiger charge is 2.13. The highest BCUT2D eigenvalue weighted by Crippen LogP contribution is 2.25. The first-order valence-corrected chi connectivity index (χ1v) is 7.62. The third kappa shape index (κ3) is 4.96. The van der Waals surface area contributed by atoms with Gasteiger partial charge in [0.2, 0.25) is 0 Å². The van der Waals surface area contributed by atoms with Crippen LogP contribution in [0.15, 0.2) is 42.5 Å². The van der Waals surface area contributed by atoms with Crippen LogP contribution in [0.2, 0.25) is 5.02 Å². The van der Waals surface area contributed by atoms with Crippen molar-refractivity contribution in [2.75, 3.05) is 11.9 Å². The number of hydrogen-bond donors (Lipinski definition) is 1. The Bertz CT molecular complexity index is 693. The molecule has 122 valence electrons. The van der Waals surface area contributed by atoms with Crippen LogP contribution in [0.5, 0.6) is 5.75 Å². The molecule has 0 aliphatic carbocycles. The van der Waals surface area contributed by atoms with Crippen molar-refractivity contribution in [3.8, 4) is 5.75 Å². The minimum absolute atomic E-state index is 0.0605. The highest BCUT2D eigenvalue weighted by atomic mass is 35.5. The lowest BCUT2D eigenvalue weighted by Crippen LogP contribution is -2.20. The molecule has 0 aromatic heterocycles. The third-order valence-corrected chi connectivity index (χ3v) is 3.58. The molecule has 2 aromatic carbocycles. The number of anilines is 1. The summed E-state index contributed by atoms with van der Waals surface area (Å²) in [6.45, 7) is 6.18. The number of rotatable bonds is 4. The summed E-state index contributed by atoms with van der Waals surface area (Å²) in [6, 6.07) is 11.4. The lowest BCUT2D eigenvalue weighted by molar-refractivity contribution is -0.118. The van der Waals surface area contributed by atoms with Gasteiger partial charge in [-0.25, -0.2) is 4.39 Å². The smallest absolute Gasteiger partial charge is 0.262 e. The van der Waals surface area contributed by atoms with Gasteiger partial charge in [-0.2, -0.15) is 0 Å². The fourth-order valence-electron chi connectivity index (χ4n) is 1.99. The van der Waals surface area contributed by atoms with E-state index in [0.717, 1.165) is 6.07 Å². The van der Waals surface area contributed by atoms with Crippen molar-refractivity contribution in [3.05, 3.63) is 58.9 Å². The van der Waals surface area contributed by atoms with Crippen LogP contribution in [-0.4, -0.2) is 12.5 Å². The van der Waals surface area contributed by atoms with E-state index in [1.54, 1.807) is 0 Å². The molecule has 2 rings (SSSR count). The number of amides is 1. The van der Waals surface area contributed by atoms with Crippen molar-refractivity contribution in [3.63, 3.8) is 0 Å². The second kappa shape index (κ2) is 7.01. The van der Waals surface area contributed by atoms with Gasteiger partial charge in [-0.05, 0) is 41.3 Å². The lowest BCUT2D eigenvalue weighted by atomic mass is 9.87. The van der Waals surface area contributed by atoms with E-state index >= 15 is 0 Å². The summed E-state index contributed by atoms with van der Waals surface area (Å²) in [5.41, 5.74) is 1.94. The van der Waals surface area contributed by atoms with Crippen LogP contribution in [0.25, 0.3) is 0 Å². The molecule has 0 radical (unpaired) electrons. The summed E-state index contributed by atoms with van der Waals surface area (Å²) < 4.78 is 18.2. The first-order chi connectivity index (χ1) is 10.8. The molecule has 0 saturated carbocycles. The molecule has 0 aliphatic rings. The van der Waals surface area contributed by atoms with Crippen LogP contribution in [0.4, 0.5) is 10.1 Å². The summed E-state index contributed by atoms with van der Waals surface area (Å²) in [5, 5.41) is 2.87. The third-order valence-electron chi connectivity index (χ3n) is 3.29. The molecule has 0 saturated heterocycles. The van der Waals surface area contributed by atoms with Crippen LogP contribution >= 0.6 is 11.6 Å². The molecule has 23 heavy (non-hydrogen) atoms. The van der Waals surface area contributed by atoms with E-state index in [1.165, 1.54) is 17.7 Å². The maximum atomic E-state index is 12.9. The molecule has 0 fully saturated rings. The van der Waals surface area contributed by atoms with E-state index in [1.807, 2.05) is 24.3 Å². The summed E-state index contributed by atoms with van der Waals surface area (Å²) in [7, 11) is 0. The highest BCUT2D eigenvalue weighted by molar-refractivity contribution is 6.32. The maximum Gasteiger partial charge on any atom is 0.262 e. The van der Waals surface area contributed by atoms with Crippen molar-refractivity contribution < 1.29 is 13.9 Å². The molecular formula is C18H19ClFNO2. The number of halogens is 2. The zero-order valence-corrected chi connectivity index (χ0v) is 14.1. The Hall–Kier alpha value is -2.07. The van der Waals surface area contributed by atoms with Crippen LogP contribution < -0.4 is 10.1 Å². The lowest BCUT2D eigenvalue weighted by Gasteiger charge is -2.19. The van der Waals surface area contributed by atoms with Crippen molar-refractivity contribution in [2.45, 2.75) is 26.2 Å². The standard InChI is InChI=1S/C18H19ClFNO2/c1-18(2,3)12-4-7-14(8-5-12)21-17(22)11-23-16-9-6-13(20)10-15(16)19/h4-10H,11H2,1-3H3,(H,21,22). The largest absolute Gasteiger partial charge is 0.482 e. The second-order valence-electron chi connectivity index (χ2n) is 6.24. The molecule has 0 bridgehead atoms.